The topological polar surface area (TPSA) is 26.8 Å². The molecule has 4 heteroatoms. The number of hydrogen-bond acceptors (Lipinski definition) is 3. The van der Waals surface area contributed by atoms with E-state index in [0.29, 0.717) is 12.0 Å². The first-order valence-electron chi connectivity index (χ1n) is 10.6. The number of amides is 1. The van der Waals surface area contributed by atoms with E-state index in [9.17, 15) is 4.79 Å². The Kier molecular flexibility index (Phi) is 4.59. The number of piperidine rings is 1. The predicted molar refractivity (Wildman–Crippen MR) is 113 cm³/mol. The first kappa shape index (κ1) is 17.7. The smallest absolute Gasteiger partial charge is 0.254 e. The second kappa shape index (κ2) is 7.25. The van der Waals surface area contributed by atoms with Crippen molar-refractivity contribution < 1.29 is 4.79 Å². The van der Waals surface area contributed by atoms with Gasteiger partial charge in [-0.3, -0.25) is 9.69 Å². The quantitative estimate of drug-likeness (QED) is 0.805. The Hall–Kier alpha value is -2.33. The summed E-state index contributed by atoms with van der Waals surface area (Å²) in [6, 6.07) is 17.6. The number of benzene rings is 2. The van der Waals surface area contributed by atoms with Crippen LogP contribution in [-0.4, -0.2) is 61.5 Å². The minimum Gasteiger partial charge on any atom is -0.374 e. The van der Waals surface area contributed by atoms with Gasteiger partial charge < -0.3 is 9.80 Å². The van der Waals surface area contributed by atoms with Crippen LogP contribution >= 0.6 is 0 Å². The molecular weight excluding hydrogens is 346 g/mol. The van der Waals surface area contributed by atoms with Gasteiger partial charge >= 0.3 is 0 Å². The molecule has 0 saturated carbocycles. The molecule has 0 unspecified atom stereocenters. The third-order valence-electron chi connectivity index (χ3n) is 6.96. The van der Waals surface area contributed by atoms with Gasteiger partial charge in [-0.1, -0.05) is 36.4 Å². The molecule has 3 aliphatic heterocycles. The summed E-state index contributed by atoms with van der Waals surface area (Å²) in [6.07, 6.45) is 3.38. The van der Waals surface area contributed by atoms with Gasteiger partial charge in [-0.25, -0.2) is 0 Å². The van der Waals surface area contributed by atoms with Crippen molar-refractivity contribution in [3.63, 3.8) is 0 Å². The average molecular weight is 376 g/mol. The number of fused-ring (bicyclic) bond motifs is 2. The summed E-state index contributed by atoms with van der Waals surface area (Å²) in [5, 5.41) is 0. The zero-order valence-electron chi connectivity index (χ0n) is 16.7. The number of hydrogen-bond donors (Lipinski definition) is 0. The highest BCUT2D eigenvalue weighted by atomic mass is 16.2. The lowest BCUT2D eigenvalue weighted by Crippen LogP contribution is -2.57. The Balaban J connectivity index is 1.28. The molecule has 0 radical (unpaired) electrons. The van der Waals surface area contributed by atoms with Gasteiger partial charge in [0.2, 0.25) is 0 Å². The summed E-state index contributed by atoms with van der Waals surface area (Å²) in [6.45, 7) is 4.85. The van der Waals surface area contributed by atoms with Crippen LogP contribution in [-0.2, 0) is 6.42 Å². The molecule has 2 fully saturated rings. The van der Waals surface area contributed by atoms with E-state index in [4.69, 9.17) is 0 Å². The SMILES string of the molecule is CN1CCc2c(C(=O)N3CCN4C[C@@H](c5ccccc5)CC[C@@H]4C3)cccc21. The maximum atomic E-state index is 13.3. The molecule has 3 heterocycles. The van der Waals surface area contributed by atoms with Crippen LogP contribution in [0.1, 0.15) is 40.2 Å². The number of carbonyl (C=O) groups is 1. The second-order valence-electron chi connectivity index (χ2n) is 8.56. The van der Waals surface area contributed by atoms with Crippen molar-refractivity contribution >= 4 is 11.6 Å². The van der Waals surface area contributed by atoms with Crippen molar-refractivity contribution in [3.05, 3.63) is 65.2 Å². The third-order valence-corrected chi connectivity index (χ3v) is 6.96. The first-order valence-corrected chi connectivity index (χ1v) is 10.6. The molecule has 0 aliphatic carbocycles. The lowest BCUT2D eigenvalue weighted by atomic mass is 9.86. The van der Waals surface area contributed by atoms with Crippen LogP contribution in [0.4, 0.5) is 5.69 Å². The number of anilines is 1. The zero-order chi connectivity index (χ0) is 19.1. The predicted octanol–water partition coefficient (Wildman–Crippen LogP) is 3.38. The van der Waals surface area contributed by atoms with Crippen LogP contribution < -0.4 is 4.90 Å². The van der Waals surface area contributed by atoms with Crippen molar-refractivity contribution in [1.29, 1.82) is 0 Å². The molecule has 0 N–H and O–H groups in total. The second-order valence-corrected chi connectivity index (χ2v) is 8.56. The zero-order valence-corrected chi connectivity index (χ0v) is 16.7. The minimum atomic E-state index is 0.233. The van der Waals surface area contributed by atoms with Crippen LogP contribution in [0, 0.1) is 0 Å². The maximum absolute atomic E-state index is 13.3. The van der Waals surface area contributed by atoms with E-state index in [1.807, 2.05) is 12.1 Å². The fourth-order valence-electron chi connectivity index (χ4n) is 5.32. The number of piperazine rings is 1. The monoisotopic (exact) mass is 375 g/mol. The van der Waals surface area contributed by atoms with Crippen LogP contribution in [0.25, 0.3) is 0 Å². The van der Waals surface area contributed by atoms with E-state index >= 15 is 0 Å². The van der Waals surface area contributed by atoms with Gasteiger partial charge in [0, 0.05) is 57.1 Å². The summed E-state index contributed by atoms with van der Waals surface area (Å²) >= 11 is 0. The number of rotatable bonds is 2. The van der Waals surface area contributed by atoms with Gasteiger partial charge in [-0.05, 0) is 48.4 Å². The van der Waals surface area contributed by atoms with Crippen LogP contribution in [0.5, 0.6) is 0 Å². The number of likely N-dealkylation sites (N-methyl/N-ethyl adjacent to an activating group) is 1. The van der Waals surface area contributed by atoms with E-state index in [1.165, 1.54) is 29.7 Å². The Morgan fingerprint density at radius 1 is 0.929 bits per heavy atom. The highest BCUT2D eigenvalue weighted by Gasteiger charge is 2.35. The molecule has 2 aromatic rings. The highest BCUT2D eigenvalue weighted by Crippen LogP contribution is 2.33. The first-order chi connectivity index (χ1) is 13.7. The molecule has 28 heavy (non-hydrogen) atoms. The summed E-state index contributed by atoms with van der Waals surface area (Å²) in [5.41, 5.74) is 4.86. The van der Waals surface area contributed by atoms with Crippen molar-refractivity contribution in [3.8, 4) is 0 Å². The van der Waals surface area contributed by atoms with E-state index in [1.54, 1.807) is 0 Å². The van der Waals surface area contributed by atoms with Crippen molar-refractivity contribution in [2.75, 3.05) is 44.7 Å². The molecule has 0 bridgehead atoms. The molecule has 2 aromatic carbocycles. The number of carbonyl (C=O) groups excluding carboxylic acids is 1. The lowest BCUT2D eigenvalue weighted by molar-refractivity contribution is 0.0328. The molecule has 146 valence electrons. The van der Waals surface area contributed by atoms with Crippen molar-refractivity contribution in [2.45, 2.75) is 31.2 Å². The van der Waals surface area contributed by atoms with Crippen LogP contribution in [0.15, 0.2) is 48.5 Å². The van der Waals surface area contributed by atoms with Gasteiger partial charge in [0.15, 0.2) is 0 Å². The number of nitrogens with zero attached hydrogens (tertiary/aromatic N) is 3. The summed E-state index contributed by atoms with van der Waals surface area (Å²) < 4.78 is 0. The van der Waals surface area contributed by atoms with E-state index in [0.717, 1.165) is 44.7 Å². The van der Waals surface area contributed by atoms with Gasteiger partial charge in [0.05, 0.1) is 0 Å². The molecule has 2 saturated heterocycles. The molecule has 0 aromatic heterocycles. The van der Waals surface area contributed by atoms with Gasteiger partial charge in [-0.15, -0.1) is 0 Å². The summed E-state index contributed by atoms with van der Waals surface area (Å²) in [4.78, 5) is 20.3. The molecule has 1 amide bonds. The molecule has 4 nitrogen and oxygen atoms in total. The Bertz CT molecular complexity index is 865. The van der Waals surface area contributed by atoms with Gasteiger partial charge in [0.25, 0.3) is 5.91 Å². The average Bonchev–Trinajstić information content (AvgIpc) is 3.14. The Morgan fingerprint density at radius 2 is 1.79 bits per heavy atom. The normalized spacial score (nSPS) is 24.8. The molecule has 5 rings (SSSR count). The van der Waals surface area contributed by atoms with Gasteiger partial charge in [-0.2, -0.15) is 0 Å². The van der Waals surface area contributed by atoms with E-state index < -0.39 is 0 Å². The fraction of sp³-hybridized carbons (Fsp3) is 0.458. The molecule has 3 aliphatic rings. The molecule has 0 spiro atoms. The summed E-state index contributed by atoms with van der Waals surface area (Å²) in [5.74, 6) is 0.865. The van der Waals surface area contributed by atoms with E-state index in [2.05, 4.69) is 58.1 Å². The standard InChI is InChI=1S/C24H29N3O/c1-25-13-12-21-22(8-5-9-23(21)25)24(28)27-15-14-26-16-19(10-11-20(26)17-27)18-6-3-2-4-7-18/h2-9,19-20H,10-17H2,1H3/t19-,20+/m0/s1. The van der Waals surface area contributed by atoms with Crippen LogP contribution in [0.3, 0.4) is 0 Å². The molecular formula is C24H29N3O. The minimum absolute atomic E-state index is 0.233. The van der Waals surface area contributed by atoms with Crippen molar-refractivity contribution in [2.24, 2.45) is 0 Å². The Labute approximate surface area is 167 Å². The van der Waals surface area contributed by atoms with E-state index in [-0.39, 0.29) is 5.91 Å². The largest absolute Gasteiger partial charge is 0.374 e. The van der Waals surface area contributed by atoms with Gasteiger partial charge in [0.1, 0.15) is 0 Å². The summed E-state index contributed by atoms with van der Waals surface area (Å²) in [7, 11) is 2.12. The third kappa shape index (κ3) is 3.10. The Morgan fingerprint density at radius 3 is 2.64 bits per heavy atom. The fourth-order valence-corrected chi connectivity index (χ4v) is 5.32. The lowest BCUT2D eigenvalue weighted by Gasteiger charge is -2.46. The highest BCUT2D eigenvalue weighted by molar-refractivity contribution is 5.97. The van der Waals surface area contributed by atoms with Crippen molar-refractivity contribution in [1.82, 2.24) is 9.80 Å². The van der Waals surface area contributed by atoms with Crippen LogP contribution in [0.2, 0.25) is 0 Å². The maximum Gasteiger partial charge on any atom is 0.254 e. The molecule has 2 atom stereocenters.